The first kappa shape index (κ1) is 15.4. The standard InChI is InChI=1S/C18H17N3OS/c1-13-12-23-18(20-13)10-17(22)14-5-3-6-15(9-14)21(2)16-7-4-8-19-11-16/h3-9,11-12H,10H2,1-2H3. The molecule has 0 atom stereocenters. The average Bonchev–Trinajstić information content (AvgIpc) is 3.00. The van der Waals surface area contributed by atoms with E-state index in [4.69, 9.17) is 0 Å². The second-order valence-corrected chi connectivity index (χ2v) is 6.25. The molecule has 4 nitrogen and oxygen atoms in total. The number of carbonyl (C=O) groups is 1. The average molecular weight is 323 g/mol. The number of nitrogens with zero attached hydrogens (tertiary/aromatic N) is 3. The van der Waals surface area contributed by atoms with Gasteiger partial charge in [-0.05, 0) is 31.2 Å². The van der Waals surface area contributed by atoms with Crippen molar-refractivity contribution in [3.63, 3.8) is 0 Å². The maximum atomic E-state index is 12.5. The van der Waals surface area contributed by atoms with Gasteiger partial charge in [0.2, 0.25) is 0 Å². The highest BCUT2D eigenvalue weighted by atomic mass is 32.1. The first-order valence-electron chi connectivity index (χ1n) is 7.31. The van der Waals surface area contributed by atoms with Gasteiger partial charge in [0.15, 0.2) is 5.78 Å². The summed E-state index contributed by atoms with van der Waals surface area (Å²) in [4.78, 5) is 23.0. The summed E-state index contributed by atoms with van der Waals surface area (Å²) < 4.78 is 0. The zero-order valence-electron chi connectivity index (χ0n) is 13.1. The van der Waals surface area contributed by atoms with E-state index in [1.807, 2.05) is 60.6 Å². The highest BCUT2D eigenvalue weighted by Gasteiger charge is 2.12. The predicted molar refractivity (Wildman–Crippen MR) is 93.6 cm³/mol. The zero-order chi connectivity index (χ0) is 16.2. The van der Waals surface area contributed by atoms with Crippen LogP contribution in [0, 0.1) is 6.92 Å². The molecule has 2 aromatic heterocycles. The number of aryl methyl sites for hydroxylation is 1. The first-order chi connectivity index (χ1) is 11.1. The molecule has 0 spiro atoms. The summed E-state index contributed by atoms with van der Waals surface area (Å²) in [6.07, 6.45) is 3.89. The Labute approximate surface area is 139 Å². The third-order valence-electron chi connectivity index (χ3n) is 3.57. The van der Waals surface area contributed by atoms with Crippen LogP contribution < -0.4 is 4.90 Å². The molecular weight excluding hydrogens is 306 g/mol. The van der Waals surface area contributed by atoms with E-state index in [1.54, 1.807) is 12.4 Å². The van der Waals surface area contributed by atoms with E-state index in [-0.39, 0.29) is 5.78 Å². The van der Waals surface area contributed by atoms with Gasteiger partial charge in [0.25, 0.3) is 0 Å². The summed E-state index contributed by atoms with van der Waals surface area (Å²) in [6.45, 7) is 1.94. The fourth-order valence-corrected chi connectivity index (χ4v) is 3.08. The molecule has 0 aliphatic rings. The molecule has 0 unspecified atom stereocenters. The van der Waals surface area contributed by atoms with Crippen LogP contribution in [-0.2, 0) is 6.42 Å². The van der Waals surface area contributed by atoms with Gasteiger partial charge in [0.05, 0.1) is 18.3 Å². The number of benzene rings is 1. The molecule has 0 aliphatic heterocycles. The van der Waals surface area contributed by atoms with E-state index in [0.29, 0.717) is 12.0 Å². The molecule has 1 aromatic carbocycles. The van der Waals surface area contributed by atoms with Crippen molar-refractivity contribution in [1.29, 1.82) is 0 Å². The number of pyridine rings is 1. The molecule has 0 saturated carbocycles. The van der Waals surface area contributed by atoms with Crippen LogP contribution in [0.4, 0.5) is 11.4 Å². The van der Waals surface area contributed by atoms with Gasteiger partial charge in [-0.25, -0.2) is 4.98 Å². The molecule has 0 fully saturated rings. The van der Waals surface area contributed by atoms with Crippen LogP contribution >= 0.6 is 11.3 Å². The van der Waals surface area contributed by atoms with Crippen molar-refractivity contribution in [2.24, 2.45) is 0 Å². The lowest BCUT2D eigenvalue weighted by Crippen LogP contribution is -2.11. The van der Waals surface area contributed by atoms with E-state index >= 15 is 0 Å². The van der Waals surface area contributed by atoms with E-state index in [9.17, 15) is 4.79 Å². The Hall–Kier alpha value is -2.53. The van der Waals surface area contributed by atoms with Gasteiger partial charge in [0.1, 0.15) is 5.01 Å². The van der Waals surface area contributed by atoms with E-state index in [2.05, 4.69) is 9.97 Å². The minimum absolute atomic E-state index is 0.0841. The smallest absolute Gasteiger partial charge is 0.169 e. The van der Waals surface area contributed by atoms with Crippen molar-refractivity contribution in [3.8, 4) is 0 Å². The molecule has 0 saturated heterocycles. The second kappa shape index (κ2) is 6.71. The summed E-state index contributed by atoms with van der Waals surface area (Å²) in [7, 11) is 1.96. The maximum absolute atomic E-state index is 12.5. The third kappa shape index (κ3) is 3.63. The number of Topliss-reactive ketones (excluding diaryl/α,β-unsaturated/α-hetero) is 1. The molecule has 0 amide bonds. The van der Waals surface area contributed by atoms with Crippen LogP contribution in [0.5, 0.6) is 0 Å². The first-order valence-corrected chi connectivity index (χ1v) is 8.19. The molecule has 0 radical (unpaired) electrons. The lowest BCUT2D eigenvalue weighted by Gasteiger charge is -2.19. The minimum atomic E-state index is 0.0841. The molecule has 5 heteroatoms. The molecule has 0 aliphatic carbocycles. The van der Waals surface area contributed by atoms with E-state index in [1.165, 1.54) is 11.3 Å². The van der Waals surface area contributed by atoms with Crippen LogP contribution in [0.3, 0.4) is 0 Å². The van der Waals surface area contributed by atoms with Gasteiger partial charge in [-0.1, -0.05) is 12.1 Å². The molecule has 3 rings (SSSR count). The number of carbonyl (C=O) groups excluding carboxylic acids is 1. The third-order valence-corrected chi connectivity index (χ3v) is 4.53. The maximum Gasteiger partial charge on any atom is 0.169 e. The van der Waals surface area contributed by atoms with Gasteiger partial charge in [0, 0.05) is 35.6 Å². The Morgan fingerprint density at radius 1 is 1.22 bits per heavy atom. The quantitative estimate of drug-likeness (QED) is 0.665. The lowest BCUT2D eigenvalue weighted by molar-refractivity contribution is 0.0993. The molecule has 23 heavy (non-hydrogen) atoms. The molecule has 0 N–H and O–H groups in total. The number of anilines is 2. The van der Waals surface area contributed by atoms with Crippen LogP contribution in [0.25, 0.3) is 0 Å². The zero-order valence-corrected chi connectivity index (χ0v) is 13.9. The second-order valence-electron chi connectivity index (χ2n) is 5.30. The Morgan fingerprint density at radius 2 is 2.04 bits per heavy atom. The van der Waals surface area contributed by atoms with Gasteiger partial charge < -0.3 is 4.90 Å². The summed E-state index contributed by atoms with van der Waals surface area (Å²) in [5.41, 5.74) is 3.60. The number of ketones is 1. The topological polar surface area (TPSA) is 46.1 Å². The van der Waals surface area contributed by atoms with Crippen molar-refractivity contribution in [2.75, 3.05) is 11.9 Å². The molecular formula is C18H17N3OS. The largest absolute Gasteiger partial charge is 0.343 e. The highest BCUT2D eigenvalue weighted by Crippen LogP contribution is 2.24. The van der Waals surface area contributed by atoms with Crippen molar-refractivity contribution < 1.29 is 4.79 Å². The fraction of sp³-hybridized carbons (Fsp3) is 0.167. The van der Waals surface area contributed by atoms with Crippen LogP contribution in [0.2, 0.25) is 0 Å². The van der Waals surface area contributed by atoms with E-state index < -0.39 is 0 Å². The monoisotopic (exact) mass is 323 g/mol. The van der Waals surface area contributed by atoms with Gasteiger partial charge in [-0.3, -0.25) is 9.78 Å². The van der Waals surface area contributed by atoms with Crippen molar-refractivity contribution in [1.82, 2.24) is 9.97 Å². The highest BCUT2D eigenvalue weighted by molar-refractivity contribution is 7.09. The minimum Gasteiger partial charge on any atom is -0.343 e. The van der Waals surface area contributed by atoms with E-state index in [0.717, 1.165) is 22.1 Å². The van der Waals surface area contributed by atoms with Crippen LogP contribution in [0.15, 0.2) is 54.2 Å². The van der Waals surface area contributed by atoms with Crippen molar-refractivity contribution in [3.05, 3.63) is 70.4 Å². The number of hydrogen-bond donors (Lipinski definition) is 0. The summed E-state index contributed by atoms with van der Waals surface area (Å²) in [6, 6.07) is 11.5. The van der Waals surface area contributed by atoms with Gasteiger partial charge in [-0.2, -0.15) is 0 Å². The Balaban J connectivity index is 1.80. The number of rotatable bonds is 5. The Bertz CT molecular complexity index is 814. The number of aromatic nitrogens is 2. The van der Waals surface area contributed by atoms with Crippen LogP contribution in [0.1, 0.15) is 21.1 Å². The summed E-state index contributed by atoms with van der Waals surface area (Å²) >= 11 is 1.53. The van der Waals surface area contributed by atoms with Crippen molar-refractivity contribution >= 4 is 28.5 Å². The number of thiazole rings is 1. The van der Waals surface area contributed by atoms with Gasteiger partial charge in [-0.15, -0.1) is 11.3 Å². The lowest BCUT2D eigenvalue weighted by atomic mass is 10.1. The SMILES string of the molecule is Cc1csc(CC(=O)c2cccc(N(C)c3cccnc3)c2)n1. The Kier molecular flexibility index (Phi) is 4.48. The molecule has 2 heterocycles. The molecule has 0 bridgehead atoms. The number of hydrogen-bond acceptors (Lipinski definition) is 5. The summed E-state index contributed by atoms with van der Waals surface area (Å²) in [5, 5.41) is 2.83. The fourth-order valence-electron chi connectivity index (χ4n) is 2.31. The normalized spacial score (nSPS) is 10.5. The predicted octanol–water partition coefficient (Wildman–Crippen LogP) is 4.04. The summed E-state index contributed by atoms with van der Waals surface area (Å²) in [5.74, 6) is 0.0841. The molecule has 3 aromatic rings. The Morgan fingerprint density at radius 3 is 2.74 bits per heavy atom. The van der Waals surface area contributed by atoms with Crippen molar-refractivity contribution in [2.45, 2.75) is 13.3 Å². The van der Waals surface area contributed by atoms with Gasteiger partial charge >= 0.3 is 0 Å². The van der Waals surface area contributed by atoms with Crippen LogP contribution in [-0.4, -0.2) is 22.8 Å². The molecule has 116 valence electrons.